The fourth-order valence-electron chi connectivity index (χ4n) is 1.40. The molecule has 1 rings (SSSR count). The summed E-state index contributed by atoms with van der Waals surface area (Å²) >= 11 is 0. The van der Waals surface area contributed by atoms with Crippen molar-refractivity contribution in [3.63, 3.8) is 0 Å². The van der Waals surface area contributed by atoms with Crippen molar-refractivity contribution >= 4 is 5.97 Å². The van der Waals surface area contributed by atoms with Crippen LogP contribution in [0.2, 0.25) is 0 Å². The zero-order chi connectivity index (χ0) is 15.1. The molecule has 0 amide bonds. The quantitative estimate of drug-likeness (QED) is 0.620. The smallest absolute Gasteiger partial charge is 0.330 e. The lowest BCUT2D eigenvalue weighted by Gasteiger charge is -2.22. The number of carbonyl (C=O) groups is 1. The van der Waals surface area contributed by atoms with Gasteiger partial charge in [0.25, 0.3) is 5.56 Å². The third-order valence-corrected chi connectivity index (χ3v) is 2.32. The highest BCUT2D eigenvalue weighted by Crippen LogP contribution is 2.10. The Labute approximate surface area is 112 Å². The summed E-state index contributed by atoms with van der Waals surface area (Å²) in [7, 11) is 0. The monoisotopic (exact) mass is 290 g/mol. The van der Waals surface area contributed by atoms with Gasteiger partial charge in [-0.05, 0) is 0 Å². The minimum absolute atomic E-state index is 0.277. The fraction of sp³-hybridized carbons (Fsp3) is 0.545. The second-order valence-corrected chi connectivity index (χ2v) is 3.87. The molecule has 20 heavy (non-hydrogen) atoms. The number of aliphatic hydroxyl groups is 1. The molecule has 0 aliphatic heterocycles. The molecule has 2 N–H and O–H groups in total. The molecule has 2 atom stereocenters. The topological polar surface area (TPSA) is 111 Å². The van der Waals surface area contributed by atoms with Gasteiger partial charge in [-0.3, -0.25) is 19.1 Å². The maximum Gasteiger partial charge on any atom is 0.330 e. The van der Waals surface area contributed by atoms with E-state index in [4.69, 9.17) is 9.84 Å². The molecule has 0 bridgehead atoms. The van der Waals surface area contributed by atoms with Gasteiger partial charge in [0.2, 0.25) is 0 Å². The first-order valence-corrected chi connectivity index (χ1v) is 5.75. The molecule has 8 nitrogen and oxygen atoms in total. The van der Waals surface area contributed by atoms with Crippen LogP contribution in [0.25, 0.3) is 0 Å². The maximum atomic E-state index is 13.0. The zero-order valence-electron chi connectivity index (χ0n) is 10.7. The number of esters is 1. The van der Waals surface area contributed by atoms with Crippen LogP contribution in [0, 0.1) is 0 Å². The Kier molecular flexibility index (Phi) is 6.07. The number of aromatic amines is 1. The molecule has 112 valence electrons. The summed E-state index contributed by atoms with van der Waals surface area (Å²) < 4.78 is 23.6. The van der Waals surface area contributed by atoms with Crippen LogP contribution in [0.1, 0.15) is 13.2 Å². The number of aromatic nitrogens is 2. The number of ether oxygens (including phenoxy) is 2. The third-order valence-electron chi connectivity index (χ3n) is 2.32. The Morgan fingerprint density at radius 2 is 2.25 bits per heavy atom. The highest BCUT2D eigenvalue weighted by atomic mass is 19.1. The average Bonchev–Trinajstić information content (AvgIpc) is 2.40. The van der Waals surface area contributed by atoms with Crippen molar-refractivity contribution in [2.75, 3.05) is 19.9 Å². The molecule has 0 radical (unpaired) electrons. The molecule has 0 aliphatic rings. The minimum atomic E-state index is -1.34. The number of aliphatic hydroxyl groups excluding tert-OH is 1. The summed E-state index contributed by atoms with van der Waals surface area (Å²) in [4.78, 5) is 35.0. The molecule has 0 saturated heterocycles. The van der Waals surface area contributed by atoms with E-state index in [0.717, 1.165) is 16.8 Å². The fourth-order valence-corrected chi connectivity index (χ4v) is 1.40. The van der Waals surface area contributed by atoms with E-state index in [9.17, 15) is 18.8 Å². The summed E-state index contributed by atoms with van der Waals surface area (Å²) in [5.74, 6) is -0.579. The van der Waals surface area contributed by atoms with Gasteiger partial charge in [-0.25, -0.2) is 9.18 Å². The molecule has 0 unspecified atom stereocenters. The molecular formula is C11H15FN2O6. The number of carbonyl (C=O) groups excluding carboxylic acids is 1. The summed E-state index contributed by atoms with van der Waals surface area (Å²) in [6, 6.07) is 1.04. The van der Waals surface area contributed by atoms with E-state index < -0.39 is 42.8 Å². The summed E-state index contributed by atoms with van der Waals surface area (Å²) in [5.41, 5.74) is -1.47. The van der Waals surface area contributed by atoms with Gasteiger partial charge >= 0.3 is 11.7 Å². The van der Waals surface area contributed by atoms with Crippen molar-refractivity contribution in [1.29, 1.82) is 0 Å². The molecule has 0 saturated carbocycles. The van der Waals surface area contributed by atoms with Crippen LogP contribution in [0.15, 0.2) is 21.9 Å². The molecule has 0 spiro atoms. The second-order valence-electron chi connectivity index (χ2n) is 3.87. The number of hydrogen-bond donors (Lipinski definition) is 2. The Balaban J connectivity index is 2.81. The number of alkyl halides is 1. The lowest BCUT2D eigenvalue weighted by molar-refractivity contribution is -0.153. The van der Waals surface area contributed by atoms with Crippen molar-refractivity contribution in [3.05, 3.63) is 33.1 Å². The van der Waals surface area contributed by atoms with Crippen LogP contribution in [-0.4, -0.2) is 46.6 Å². The Bertz CT molecular complexity index is 554. The predicted octanol–water partition coefficient (Wildman–Crippen LogP) is -1.05. The number of hydrogen-bond acceptors (Lipinski definition) is 6. The van der Waals surface area contributed by atoms with Crippen molar-refractivity contribution in [1.82, 2.24) is 9.55 Å². The molecule has 0 fully saturated rings. The highest BCUT2D eigenvalue weighted by Gasteiger charge is 2.20. The van der Waals surface area contributed by atoms with Gasteiger partial charge in [0.1, 0.15) is 19.4 Å². The normalized spacial score (nSPS) is 13.8. The first-order valence-electron chi connectivity index (χ1n) is 5.75. The van der Waals surface area contributed by atoms with E-state index in [1.165, 1.54) is 6.92 Å². The first-order chi connectivity index (χ1) is 9.47. The molecular weight excluding hydrogens is 275 g/mol. The van der Waals surface area contributed by atoms with E-state index >= 15 is 0 Å². The van der Waals surface area contributed by atoms with Crippen LogP contribution < -0.4 is 11.2 Å². The van der Waals surface area contributed by atoms with Crippen LogP contribution in [-0.2, 0) is 14.3 Å². The molecule has 1 aromatic rings. The Hall–Kier alpha value is -2.00. The van der Waals surface area contributed by atoms with Gasteiger partial charge in [-0.1, -0.05) is 0 Å². The summed E-state index contributed by atoms with van der Waals surface area (Å²) in [6.45, 7) is -0.696. The van der Waals surface area contributed by atoms with Crippen molar-refractivity contribution in [2.24, 2.45) is 0 Å². The van der Waals surface area contributed by atoms with Crippen LogP contribution in [0.5, 0.6) is 0 Å². The Morgan fingerprint density at radius 3 is 2.75 bits per heavy atom. The van der Waals surface area contributed by atoms with Crippen molar-refractivity contribution < 1.29 is 23.8 Å². The number of rotatable bonds is 7. The molecule has 0 aliphatic carbocycles. The van der Waals surface area contributed by atoms with E-state index in [1.54, 1.807) is 0 Å². The van der Waals surface area contributed by atoms with Gasteiger partial charge in [-0.15, -0.1) is 0 Å². The second kappa shape index (κ2) is 7.56. The summed E-state index contributed by atoms with van der Waals surface area (Å²) in [5, 5.41) is 9.06. The van der Waals surface area contributed by atoms with E-state index in [0.29, 0.717) is 0 Å². The Morgan fingerprint density at radius 1 is 1.55 bits per heavy atom. The van der Waals surface area contributed by atoms with Crippen molar-refractivity contribution in [2.45, 2.75) is 19.3 Å². The standard InChI is InChI=1S/C11H15FN2O6/c1-7(16)19-6-8(5-15)20-10(4-12)14-3-2-9(17)13-11(14)18/h2-3,8,10,15H,4-6H2,1H3,(H,13,17,18)/t8-,10-/m1/s1. The number of nitrogens with zero attached hydrogens (tertiary/aromatic N) is 1. The molecule has 0 aromatic carbocycles. The molecule has 9 heteroatoms. The lowest BCUT2D eigenvalue weighted by atomic mass is 10.4. The zero-order valence-corrected chi connectivity index (χ0v) is 10.7. The maximum absolute atomic E-state index is 13.0. The van der Waals surface area contributed by atoms with Gasteiger partial charge in [-0.2, -0.15) is 0 Å². The van der Waals surface area contributed by atoms with Gasteiger partial charge < -0.3 is 14.6 Å². The predicted molar refractivity (Wildman–Crippen MR) is 64.9 cm³/mol. The number of H-pyrrole nitrogens is 1. The van der Waals surface area contributed by atoms with E-state index in [2.05, 4.69) is 4.74 Å². The van der Waals surface area contributed by atoms with Crippen LogP contribution in [0.4, 0.5) is 4.39 Å². The minimum Gasteiger partial charge on any atom is -0.463 e. The molecule has 1 aromatic heterocycles. The van der Waals surface area contributed by atoms with Crippen LogP contribution in [0.3, 0.4) is 0 Å². The van der Waals surface area contributed by atoms with Gasteiger partial charge in [0, 0.05) is 19.2 Å². The summed E-state index contributed by atoms with van der Waals surface area (Å²) in [6.07, 6.45) is -1.25. The number of halogens is 1. The SMILES string of the molecule is CC(=O)OC[C@@H](CO)O[C@H](CF)n1ccc(=O)[nH]c1=O. The van der Waals surface area contributed by atoms with E-state index in [-0.39, 0.29) is 6.61 Å². The van der Waals surface area contributed by atoms with Gasteiger partial charge in [0.15, 0.2) is 6.23 Å². The van der Waals surface area contributed by atoms with Crippen molar-refractivity contribution in [3.8, 4) is 0 Å². The average molecular weight is 290 g/mol. The molecule has 1 heterocycles. The van der Waals surface area contributed by atoms with Crippen LogP contribution >= 0.6 is 0 Å². The number of nitrogens with one attached hydrogen (secondary N) is 1. The highest BCUT2D eigenvalue weighted by molar-refractivity contribution is 5.65. The lowest BCUT2D eigenvalue weighted by Crippen LogP contribution is -2.37. The van der Waals surface area contributed by atoms with Gasteiger partial charge in [0.05, 0.1) is 6.61 Å². The first kappa shape index (κ1) is 16.1. The third kappa shape index (κ3) is 4.59. The largest absolute Gasteiger partial charge is 0.463 e. The van der Waals surface area contributed by atoms with E-state index in [1.807, 2.05) is 4.98 Å².